The largest absolute Gasteiger partial charge is 0.503 e. The zero-order chi connectivity index (χ0) is 24.9. The van der Waals surface area contributed by atoms with Crippen LogP contribution in [0.1, 0.15) is 11.1 Å². The van der Waals surface area contributed by atoms with E-state index in [4.69, 9.17) is 24.7 Å². The Labute approximate surface area is 198 Å². The molecular weight excluding hydrogens is 460 g/mol. The maximum absolute atomic E-state index is 12.8. The molecule has 180 valence electrons. The summed E-state index contributed by atoms with van der Waals surface area (Å²) in [6.07, 6.45) is 3.49. The summed E-state index contributed by atoms with van der Waals surface area (Å²) >= 11 is 0. The van der Waals surface area contributed by atoms with E-state index in [0.717, 1.165) is 5.56 Å². The van der Waals surface area contributed by atoms with Gasteiger partial charge in [0, 0.05) is 5.69 Å². The molecule has 0 aliphatic carbocycles. The minimum absolute atomic E-state index is 0.0377. The van der Waals surface area contributed by atoms with Crippen LogP contribution in [0.3, 0.4) is 0 Å². The van der Waals surface area contributed by atoms with Crippen molar-refractivity contribution in [3.05, 3.63) is 59.7 Å². The number of phenols is 1. The van der Waals surface area contributed by atoms with Crippen molar-refractivity contribution in [2.45, 2.75) is 4.90 Å². The van der Waals surface area contributed by atoms with E-state index < -0.39 is 10.0 Å². The smallest absolute Gasteiger partial charge is 0.262 e. The highest BCUT2D eigenvalue weighted by atomic mass is 32.2. The average Bonchev–Trinajstić information content (AvgIpc) is 2.83. The molecule has 0 saturated heterocycles. The maximum Gasteiger partial charge on any atom is 0.262 e. The number of rotatable bonds is 9. The summed E-state index contributed by atoms with van der Waals surface area (Å²) in [5.41, 5.74) is 7.26. The minimum Gasteiger partial charge on any atom is -0.503 e. The van der Waals surface area contributed by atoms with E-state index >= 15 is 0 Å². The SMILES string of the molecule is COc1cc(/C=C\c2cc(OC)c(OC)c(OC)c2)cc(NS(=O)(=O)c2cccc(N)c2)c1O. The Morgan fingerprint density at radius 3 is 1.91 bits per heavy atom. The highest BCUT2D eigenvalue weighted by Crippen LogP contribution is 2.40. The van der Waals surface area contributed by atoms with Crippen LogP contribution in [0.25, 0.3) is 12.2 Å². The molecule has 0 bridgehead atoms. The zero-order valence-electron chi connectivity index (χ0n) is 19.2. The van der Waals surface area contributed by atoms with Crippen LogP contribution in [0.5, 0.6) is 28.7 Å². The van der Waals surface area contributed by atoms with E-state index in [2.05, 4.69) is 4.72 Å². The fraction of sp³-hybridized carbons (Fsp3) is 0.167. The van der Waals surface area contributed by atoms with E-state index in [0.29, 0.717) is 28.5 Å². The molecule has 9 nitrogen and oxygen atoms in total. The van der Waals surface area contributed by atoms with Crippen molar-refractivity contribution >= 4 is 33.6 Å². The number of hydrogen-bond donors (Lipinski definition) is 3. The molecule has 0 fully saturated rings. The Bertz CT molecular complexity index is 1300. The molecule has 3 rings (SSSR count). The van der Waals surface area contributed by atoms with E-state index in [9.17, 15) is 13.5 Å². The standard InChI is InChI=1S/C24H26N2O7S/c1-30-20-11-15(8-9-16-12-21(31-2)24(33-4)22(13-16)32-3)10-19(23(20)27)26-34(28,29)18-7-5-6-17(25)14-18/h5-14,26-27H,25H2,1-4H3/b9-8-. The van der Waals surface area contributed by atoms with Crippen molar-refractivity contribution in [3.63, 3.8) is 0 Å². The number of sulfonamides is 1. The molecular formula is C24H26N2O7S. The van der Waals surface area contributed by atoms with Gasteiger partial charge in [0.05, 0.1) is 39.0 Å². The molecule has 4 N–H and O–H groups in total. The monoisotopic (exact) mass is 486 g/mol. The number of nitrogen functional groups attached to an aromatic ring is 1. The Morgan fingerprint density at radius 2 is 1.38 bits per heavy atom. The molecule has 0 radical (unpaired) electrons. The van der Waals surface area contributed by atoms with Crippen molar-refractivity contribution < 1.29 is 32.5 Å². The molecule has 0 aliphatic heterocycles. The van der Waals surface area contributed by atoms with E-state index in [1.54, 1.807) is 36.4 Å². The van der Waals surface area contributed by atoms with Crippen molar-refractivity contribution in [1.82, 2.24) is 0 Å². The molecule has 0 aliphatic rings. The predicted octanol–water partition coefficient (Wildman–Crippen LogP) is 3.98. The third kappa shape index (κ3) is 5.29. The van der Waals surface area contributed by atoms with Gasteiger partial charge in [0.15, 0.2) is 23.0 Å². The summed E-state index contributed by atoms with van der Waals surface area (Å²) in [5, 5.41) is 10.5. The third-order valence-corrected chi connectivity index (χ3v) is 6.25. The molecule has 10 heteroatoms. The van der Waals surface area contributed by atoms with Crippen LogP contribution in [0, 0.1) is 0 Å². The van der Waals surface area contributed by atoms with Gasteiger partial charge in [-0.15, -0.1) is 0 Å². The first-order chi connectivity index (χ1) is 16.2. The van der Waals surface area contributed by atoms with Crippen LogP contribution in [0.4, 0.5) is 11.4 Å². The van der Waals surface area contributed by atoms with Gasteiger partial charge in [-0.05, 0) is 53.6 Å². The van der Waals surface area contributed by atoms with Crippen LogP contribution < -0.4 is 29.4 Å². The molecule has 0 spiro atoms. The van der Waals surface area contributed by atoms with Crippen molar-refractivity contribution in [1.29, 1.82) is 0 Å². The molecule has 34 heavy (non-hydrogen) atoms. The number of hydrogen-bond acceptors (Lipinski definition) is 8. The van der Waals surface area contributed by atoms with Gasteiger partial charge in [0.25, 0.3) is 10.0 Å². The summed E-state index contributed by atoms with van der Waals surface area (Å²) in [6, 6.07) is 12.4. The van der Waals surface area contributed by atoms with Gasteiger partial charge in [-0.3, -0.25) is 4.72 Å². The van der Waals surface area contributed by atoms with E-state index in [1.807, 2.05) is 0 Å². The van der Waals surface area contributed by atoms with Crippen LogP contribution in [0.15, 0.2) is 53.4 Å². The molecule has 3 aromatic carbocycles. The Morgan fingerprint density at radius 1 is 0.824 bits per heavy atom. The first kappa shape index (κ1) is 24.6. The zero-order valence-corrected chi connectivity index (χ0v) is 20.0. The number of phenolic OH excluding ortho intramolecular Hbond substituents is 1. The van der Waals surface area contributed by atoms with Crippen LogP contribution in [-0.2, 0) is 10.0 Å². The highest BCUT2D eigenvalue weighted by Gasteiger charge is 2.19. The predicted molar refractivity (Wildman–Crippen MR) is 131 cm³/mol. The number of benzene rings is 3. The highest BCUT2D eigenvalue weighted by molar-refractivity contribution is 7.92. The summed E-state index contributed by atoms with van der Waals surface area (Å²) < 4.78 is 49.3. The molecule has 0 atom stereocenters. The Balaban J connectivity index is 2.00. The Hall–Kier alpha value is -4.05. The van der Waals surface area contributed by atoms with Gasteiger partial charge in [-0.25, -0.2) is 8.42 Å². The molecule has 0 heterocycles. The summed E-state index contributed by atoms with van der Waals surface area (Å²) in [4.78, 5) is -0.0377. The maximum atomic E-state index is 12.8. The van der Waals surface area contributed by atoms with Crippen LogP contribution in [-0.4, -0.2) is 42.0 Å². The number of nitrogens with two attached hydrogens (primary N) is 1. The quantitative estimate of drug-likeness (QED) is 0.235. The van der Waals surface area contributed by atoms with Gasteiger partial charge in [0.1, 0.15) is 0 Å². The van der Waals surface area contributed by atoms with Gasteiger partial charge in [0.2, 0.25) is 5.75 Å². The lowest BCUT2D eigenvalue weighted by Crippen LogP contribution is -2.13. The second-order valence-corrected chi connectivity index (χ2v) is 8.77. The minimum atomic E-state index is -4.01. The van der Waals surface area contributed by atoms with Crippen molar-refractivity contribution in [2.24, 2.45) is 0 Å². The van der Waals surface area contributed by atoms with Gasteiger partial charge in [-0.1, -0.05) is 18.2 Å². The lowest BCUT2D eigenvalue weighted by Gasteiger charge is -2.14. The number of nitrogens with one attached hydrogen (secondary N) is 1. The lowest BCUT2D eigenvalue weighted by atomic mass is 10.1. The van der Waals surface area contributed by atoms with Gasteiger partial charge < -0.3 is 29.8 Å². The fourth-order valence-electron chi connectivity index (χ4n) is 3.23. The van der Waals surface area contributed by atoms with Crippen molar-refractivity contribution in [2.75, 3.05) is 38.9 Å². The normalized spacial score (nSPS) is 11.3. The topological polar surface area (TPSA) is 129 Å². The van der Waals surface area contributed by atoms with Crippen LogP contribution >= 0.6 is 0 Å². The summed E-state index contributed by atoms with van der Waals surface area (Å²) in [5.74, 6) is 1.18. The summed E-state index contributed by atoms with van der Waals surface area (Å²) in [7, 11) is 1.93. The average molecular weight is 487 g/mol. The van der Waals surface area contributed by atoms with E-state index in [-0.39, 0.29) is 22.1 Å². The number of methoxy groups -OCH3 is 4. The van der Waals surface area contributed by atoms with Gasteiger partial charge in [-0.2, -0.15) is 0 Å². The third-order valence-electron chi connectivity index (χ3n) is 4.89. The molecule has 3 aromatic rings. The van der Waals surface area contributed by atoms with Gasteiger partial charge >= 0.3 is 0 Å². The molecule has 0 saturated carbocycles. The fourth-order valence-corrected chi connectivity index (χ4v) is 4.35. The first-order valence-corrected chi connectivity index (χ1v) is 11.5. The first-order valence-electron chi connectivity index (χ1n) is 9.99. The molecule has 0 unspecified atom stereocenters. The molecule has 0 amide bonds. The lowest BCUT2D eigenvalue weighted by molar-refractivity contribution is 0.324. The number of ether oxygens (including phenoxy) is 4. The second kappa shape index (κ2) is 10.3. The van der Waals surface area contributed by atoms with E-state index in [1.165, 1.54) is 52.7 Å². The number of anilines is 2. The summed E-state index contributed by atoms with van der Waals surface area (Å²) in [6.45, 7) is 0. The van der Waals surface area contributed by atoms with Crippen LogP contribution in [0.2, 0.25) is 0 Å². The molecule has 0 aromatic heterocycles. The van der Waals surface area contributed by atoms with Crippen molar-refractivity contribution in [3.8, 4) is 28.7 Å². The second-order valence-electron chi connectivity index (χ2n) is 7.09. The number of aromatic hydroxyl groups is 1. The Kier molecular flexibility index (Phi) is 7.42.